The maximum Gasteiger partial charge on any atom is 0.319 e. The topological polar surface area (TPSA) is 23.6 Å². The second-order valence-electron chi connectivity index (χ2n) is 4.23. The van der Waals surface area contributed by atoms with Crippen molar-refractivity contribution in [2.45, 2.75) is 45.6 Å². The Bertz CT molecular complexity index is 188. The molecule has 0 radical (unpaired) electrons. The number of carbonyl (C=O) groups excluding carboxylic acids is 1. The van der Waals surface area contributed by atoms with Gasteiger partial charge in [0.1, 0.15) is 0 Å². The molecule has 1 atom stereocenters. The Morgan fingerprint density at radius 2 is 2.00 bits per heavy atom. The van der Waals surface area contributed by atoms with Crippen LogP contribution >= 0.6 is 0 Å². The molecule has 82 valence electrons. The zero-order chi connectivity index (χ0) is 10.6. The minimum atomic E-state index is 0.212. The smallest absolute Gasteiger partial charge is 0.319 e. The van der Waals surface area contributed by atoms with Crippen molar-refractivity contribution in [3.05, 3.63) is 0 Å². The standard InChI is InChI=1S/C11H22N2O/c1-4-7-10(2)12(3)11(14)13-8-5-6-9-13/h10H,4-9H2,1-3H3. The molecule has 1 heterocycles. The Morgan fingerprint density at radius 1 is 1.43 bits per heavy atom. The Kier molecular flexibility index (Phi) is 4.23. The number of hydrogen-bond donors (Lipinski definition) is 0. The minimum Gasteiger partial charge on any atom is -0.325 e. The molecule has 0 aromatic carbocycles. The maximum absolute atomic E-state index is 11.9. The normalized spacial score (nSPS) is 18.4. The summed E-state index contributed by atoms with van der Waals surface area (Å²) in [5.74, 6) is 0. The monoisotopic (exact) mass is 198 g/mol. The summed E-state index contributed by atoms with van der Waals surface area (Å²) in [6.45, 7) is 6.17. The molecule has 1 fully saturated rings. The summed E-state index contributed by atoms with van der Waals surface area (Å²) in [5, 5.41) is 0. The summed E-state index contributed by atoms with van der Waals surface area (Å²) in [6.07, 6.45) is 4.57. The van der Waals surface area contributed by atoms with Crippen molar-refractivity contribution in [1.29, 1.82) is 0 Å². The van der Waals surface area contributed by atoms with Gasteiger partial charge in [-0.15, -0.1) is 0 Å². The van der Waals surface area contributed by atoms with Gasteiger partial charge in [-0.1, -0.05) is 13.3 Å². The largest absolute Gasteiger partial charge is 0.325 e. The van der Waals surface area contributed by atoms with Gasteiger partial charge in [0, 0.05) is 26.2 Å². The number of nitrogens with zero attached hydrogens (tertiary/aromatic N) is 2. The summed E-state index contributed by atoms with van der Waals surface area (Å²) in [6, 6.07) is 0.580. The molecular formula is C11H22N2O. The minimum absolute atomic E-state index is 0.212. The number of likely N-dealkylation sites (tertiary alicyclic amines) is 1. The van der Waals surface area contributed by atoms with Crippen molar-refractivity contribution in [1.82, 2.24) is 9.80 Å². The zero-order valence-electron chi connectivity index (χ0n) is 9.62. The van der Waals surface area contributed by atoms with E-state index in [0.29, 0.717) is 6.04 Å². The van der Waals surface area contributed by atoms with Crippen LogP contribution in [0.25, 0.3) is 0 Å². The van der Waals surface area contributed by atoms with Crippen molar-refractivity contribution in [3.8, 4) is 0 Å². The number of rotatable bonds is 3. The van der Waals surface area contributed by atoms with Crippen molar-refractivity contribution in [2.24, 2.45) is 0 Å². The molecular weight excluding hydrogens is 176 g/mol. The molecule has 1 aliphatic heterocycles. The van der Waals surface area contributed by atoms with Gasteiger partial charge in [0.2, 0.25) is 0 Å². The first-order chi connectivity index (χ1) is 6.66. The first kappa shape index (κ1) is 11.3. The third-order valence-electron chi connectivity index (χ3n) is 3.05. The molecule has 0 N–H and O–H groups in total. The van der Waals surface area contributed by atoms with Gasteiger partial charge in [-0.3, -0.25) is 0 Å². The highest BCUT2D eigenvalue weighted by molar-refractivity contribution is 5.74. The SMILES string of the molecule is CCCC(C)N(C)C(=O)N1CCCC1. The van der Waals surface area contributed by atoms with Gasteiger partial charge in [-0.25, -0.2) is 4.79 Å². The fraction of sp³-hybridized carbons (Fsp3) is 0.909. The Hall–Kier alpha value is -0.730. The van der Waals surface area contributed by atoms with E-state index in [1.54, 1.807) is 0 Å². The van der Waals surface area contributed by atoms with Gasteiger partial charge in [0.25, 0.3) is 0 Å². The van der Waals surface area contributed by atoms with E-state index in [9.17, 15) is 4.79 Å². The van der Waals surface area contributed by atoms with Crippen LogP contribution in [0, 0.1) is 0 Å². The van der Waals surface area contributed by atoms with E-state index in [-0.39, 0.29) is 6.03 Å². The average molecular weight is 198 g/mol. The van der Waals surface area contributed by atoms with Crippen LogP contribution in [0.15, 0.2) is 0 Å². The molecule has 1 saturated heterocycles. The van der Waals surface area contributed by atoms with Crippen LogP contribution < -0.4 is 0 Å². The number of amides is 2. The van der Waals surface area contributed by atoms with Gasteiger partial charge < -0.3 is 9.80 Å². The van der Waals surface area contributed by atoms with Crippen molar-refractivity contribution in [2.75, 3.05) is 20.1 Å². The Labute approximate surface area is 87.1 Å². The molecule has 3 heteroatoms. The van der Waals surface area contributed by atoms with Crippen LogP contribution in [-0.2, 0) is 0 Å². The second kappa shape index (κ2) is 5.23. The average Bonchev–Trinajstić information content (AvgIpc) is 2.68. The molecule has 14 heavy (non-hydrogen) atoms. The third-order valence-corrected chi connectivity index (χ3v) is 3.05. The summed E-state index contributed by atoms with van der Waals surface area (Å²) < 4.78 is 0. The van der Waals surface area contributed by atoms with E-state index in [1.807, 2.05) is 16.8 Å². The summed E-state index contributed by atoms with van der Waals surface area (Å²) >= 11 is 0. The van der Waals surface area contributed by atoms with Gasteiger partial charge in [0.15, 0.2) is 0 Å². The van der Waals surface area contributed by atoms with Crippen LogP contribution in [-0.4, -0.2) is 42.0 Å². The Balaban J connectivity index is 2.42. The maximum atomic E-state index is 11.9. The predicted octanol–water partition coefficient (Wildman–Crippen LogP) is 2.32. The molecule has 1 aliphatic rings. The quantitative estimate of drug-likeness (QED) is 0.682. The van der Waals surface area contributed by atoms with Crippen LogP contribution in [0.3, 0.4) is 0 Å². The van der Waals surface area contributed by atoms with E-state index in [2.05, 4.69) is 13.8 Å². The van der Waals surface area contributed by atoms with Gasteiger partial charge in [-0.05, 0) is 26.2 Å². The van der Waals surface area contributed by atoms with Crippen LogP contribution in [0.2, 0.25) is 0 Å². The van der Waals surface area contributed by atoms with E-state index in [1.165, 1.54) is 12.8 Å². The Morgan fingerprint density at radius 3 is 2.50 bits per heavy atom. The fourth-order valence-corrected chi connectivity index (χ4v) is 1.93. The second-order valence-corrected chi connectivity index (χ2v) is 4.23. The molecule has 1 rings (SSSR count). The van der Waals surface area contributed by atoms with Crippen LogP contribution in [0.5, 0.6) is 0 Å². The molecule has 0 bridgehead atoms. The van der Waals surface area contributed by atoms with Crippen molar-refractivity contribution in [3.63, 3.8) is 0 Å². The van der Waals surface area contributed by atoms with Gasteiger partial charge in [0.05, 0.1) is 0 Å². The number of hydrogen-bond acceptors (Lipinski definition) is 1. The third kappa shape index (κ3) is 2.63. The lowest BCUT2D eigenvalue weighted by molar-refractivity contribution is 0.156. The van der Waals surface area contributed by atoms with E-state index < -0.39 is 0 Å². The molecule has 0 spiro atoms. The molecule has 3 nitrogen and oxygen atoms in total. The highest BCUT2D eigenvalue weighted by Crippen LogP contribution is 2.13. The molecule has 0 aliphatic carbocycles. The molecule has 0 aromatic rings. The van der Waals surface area contributed by atoms with Gasteiger partial charge >= 0.3 is 6.03 Å². The highest BCUT2D eigenvalue weighted by atomic mass is 16.2. The number of urea groups is 1. The van der Waals surface area contributed by atoms with E-state index in [0.717, 1.165) is 25.9 Å². The number of carbonyl (C=O) groups is 1. The first-order valence-electron chi connectivity index (χ1n) is 5.68. The van der Waals surface area contributed by atoms with Crippen molar-refractivity contribution < 1.29 is 4.79 Å². The summed E-state index contributed by atoms with van der Waals surface area (Å²) in [5.41, 5.74) is 0. The molecule has 0 aromatic heterocycles. The fourth-order valence-electron chi connectivity index (χ4n) is 1.93. The van der Waals surface area contributed by atoms with Crippen LogP contribution in [0.1, 0.15) is 39.5 Å². The lowest BCUT2D eigenvalue weighted by Gasteiger charge is -2.29. The first-order valence-corrected chi connectivity index (χ1v) is 5.68. The van der Waals surface area contributed by atoms with E-state index in [4.69, 9.17) is 0 Å². The summed E-state index contributed by atoms with van der Waals surface area (Å²) in [4.78, 5) is 15.8. The van der Waals surface area contributed by atoms with Crippen molar-refractivity contribution >= 4 is 6.03 Å². The van der Waals surface area contributed by atoms with E-state index >= 15 is 0 Å². The summed E-state index contributed by atoms with van der Waals surface area (Å²) in [7, 11) is 1.92. The molecule has 0 saturated carbocycles. The lowest BCUT2D eigenvalue weighted by atomic mass is 10.2. The molecule has 1 unspecified atom stereocenters. The van der Waals surface area contributed by atoms with Gasteiger partial charge in [-0.2, -0.15) is 0 Å². The zero-order valence-corrected chi connectivity index (χ0v) is 9.62. The predicted molar refractivity (Wildman–Crippen MR) is 58.3 cm³/mol. The molecule has 2 amide bonds. The van der Waals surface area contributed by atoms with Crippen LogP contribution in [0.4, 0.5) is 4.79 Å². The highest BCUT2D eigenvalue weighted by Gasteiger charge is 2.23. The lowest BCUT2D eigenvalue weighted by Crippen LogP contribution is -2.43.